The molecule has 6 heteroatoms. The van der Waals surface area contributed by atoms with Crippen LogP contribution in [0.1, 0.15) is 35.5 Å². The number of hydrogen-bond acceptors (Lipinski definition) is 5. The predicted molar refractivity (Wildman–Crippen MR) is 62.7 cm³/mol. The van der Waals surface area contributed by atoms with Crippen molar-refractivity contribution in [3.05, 3.63) is 0 Å². The number of hydrogen-bond donors (Lipinski definition) is 1. The highest BCUT2D eigenvalue weighted by Crippen LogP contribution is 2.06. The number of carboxylic acids is 1. The summed E-state index contributed by atoms with van der Waals surface area (Å²) in [6, 6.07) is 0. The van der Waals surface area contributed by atoms with E-state index in [2.05, 4.69) is 0 Å². The smallest absolute Gasteiger partial charge is 0.335 e. The molecule has 0 rings (SSSR count). The predicted octanol–water partition coefficient (Wildman–Crippen LogP) is 1.27. The van der Waals surface area contributed by atoms with Gasteiger partial charge in [0.25, 0.3) is 0 Å². The quantitative estimate of drug-likeness (QED) is 0.685. The van der Waals surface area contributed by atoms with E-state index >= 15 is 0 Å². The number of rotatable bonds is 7. The van der Waals surface area contributed by atoms with Crippen molar-refractivity contribution < 1.29 is 30.4 Å². The van der Waals surface area contributed by atoms with Gasteiger partial charge in [-0.25, -0.2) is 4.79 Å². The topological polar surface area (TPSA) is 89.9 Å². The summed E-state index contributed by atoms with van der Waals surface area (Å²) in [6.45, 7) is 2.73. The molecule has 0 saturated carbocycles. The molecule has 0 saturated heterocycles. The van der Waals surface area contributed by atoms with Crippen LogP contribution < -0.4 is 0 Å². The molecule has 0 spiro atoms. The molecule has 6 nitrogen and oxygen atoms in total. The summed E-state index contributed by atoms with van der Waals surface area (Å²) < 4.78 is 9.55. The van der Waals surface area contributed by atoms with Gasteiger partial charge in [0.05, 0.1) is 0 Å². The molecule has 2 unspecified atom stereocenters. The average Bonchev–Trinajstić information content (AvgIpc) is 2.21. The van der Waals surface area contributed by atoms with Crippen molar-refractivity contribution in [3.63, 3.8) is 0 Å². The molecule has 0 bridgehead atoms. The van der Waals surface area contributed by atoms with E-state index in [9.17, 15) is 14.4 Å². The number of carboxylic acid groups (broad SMARTS) is 1. The van der Waals surface area contributed by atoms with Gasteiger partial charge in [0, 0.05) is 21.4 Å². The molecule has 1 N–H and O–H groups in total. The number of aliphatic carboxylic acids is 1. The fourth-order valence-electron chi connectivity index (χ4n) is 0.932. The highest BCUT2D eigenvalue weighted by Gasteiger charge is 2.23. The van der Waals surface area contributed by atoms with Gasteiger partial charge in [-0.15, -0.1) is 0 Å². The maximum Gasteiger partial charge on any atom is 0.335 e. The summed E-state index contributed by atoms with van der Waals surface area (Å²) in [5.74, 6) is -2.09. The largest absolute Gasteiger partial charge is 0.481 e. The van der Waals surface area contributed by atoms with Gasteiger partial charge in [-0.2, -0.15) is 0 Å². The Bertz CT molecular complexity index is 279. The molecule has 0 aromatic heterocycles. The van der Waals surface area contributed by atoms with Gasteiger partial charge in [-0.05, 0) is 13.8 Å². The number of Topliss-reactive ketones (excluding diaryl/α,β-unsaturated/α-hetero) is 1. The maximum atomic E-state index is 11.3. The van der Waals surface area contributed by atoms with E-state index in [1.807, 2.05) is 0 Å². The Labute approximate surface area is 102 Å². The van der Waals surface area contributed by atoms with Crippen LogP contribution >= 0.6 is 0 Å². The number of carbonyl (C=O) groups is 3. The Kier molecular flexibility index (Phi) is 9.18. The number of ether oxygens (including phenoxy) is 2. The molecule has 0 heterocycles. The van der Waals surface area contributed by atoms with Crippen molar-refractivity contribution in [3.8, 4) is 0 Å². The Hall–Kier alpha value is -1.43. The fourth-order valence-corrected chi connectivity index (χ4v) is 0.932. The third kappa shape index (κ3) is 7.46. The minimum atomic E-state index is -1.04. The zero-order chi connectivity index (χ0) is 12.7. The first-order chi connectivity index (χ1) is 7.38. The van der Waals surface area contributed by atoms with Gasteiger partial charge in [-0.1, -0.05) is 7.43 Å². The molecule has 0 aliphatic rings. The van der Waals surface area contributed by atoms with Crippen LogP contribution in [0.15, 0.2) is 0 Å². The summed E-state index contributed by atoms with van der Waals surface area (Å²) in [5, 5.41) is 8.46. The Balaban J connectivity index is -0.00000112. The minimum absolute atomic E-state index is 0. The summed E-state index contributed by atoms with van der Waals surface area (Å²) >= 11 is 0. The third-order valence-corrected chi connectivity index (χ3v) is 2.02. The zero-order valence-corrected chi connectivity index (χ0v) is 9.56. The van der Waals surface area contributed by atoms with Crippen LogP contribution in [0.5, 0.6) is 0 Å². The average molecular weight is 251 g/mol. The Morgan fingerprint density at radius 1 is 1.35 bits per heavy atom. The van der Waals surface area contributed by atoms with E-state index in [1.165, 1.54) is 21.0 Å². The third-order valence-electron chi connectivity index (χ3n) is 2.02. The molecule has 0 aromatic rings. The first kappa shape index (κ1) is 17.9. The van der Waals surface area contributed by atoms with Crippen LogP contribution in [-0.4, -0.2) is 42.1 Å². The van der Waals surface area contributed by atoms with Crippen molar-refractivity contribution in [2.75, 3.05) is 7.11 Å². The first-order valence-corrected chi connectivity index (χ1v) is 4.84. The molecule has 0 radical (unpaired) electrons. The molecular formula is C11H22O6. The summed E-state index contributed by atoms with van der Waals surface area (Å²) in [6.07, 6.45) is -2.03. The van der Waals surface area contributed by atoms with E-state index in [4.69, 9.17) is 14.6 Å². The van der Waals surface area contributed by atoms with Crippen molar-refractivity contribution in [2.45, 2.75) is 46.3 Å². The number of methoxy groups -OCH3 is 1. The fraction of sp³-hybridized carbons (Fsp3) is 0.727. The molecule has 0 aliphatic heterocycles. The van der Waals surface area contributed by atoms with Crippen LogP contribution in [0.25, 0.3) is 0 Å². The highest BCUT2D eigenvalue weighted by molar-refractivity contribution is 5.85. The van der Waals surface area contributed by atoms with Crippen molar-refractivity contribution >= 4 is 17.7 Å². The van der Waals surface area contributed by atoms with E-state index < -0.39 is 24.1 Å². The highest BCUT2D eigenvalue weighted by atomic mass is 16.6. The monoisotopic (exact) mass is 251 g/mol. The van der Waals surface area contributed by atoms with Crippen LogP contribution in [0, 0.1) is 0 Å². The molecule has 0 fully saturated rings. The molecular weight excluding hydrogens is 228 g/mol. The van der Waals surface area contributed by atoms with Gasteiger partial charge >= 0.3 is 11.9 Å². The molecule has 0 amide bonds. The second-order valence-corrected chi connectivity index (χ2v) is 3.35. The minimum Gasteiger partial charge on any atom is -0.481 e. The lowest BCUT2D eigenvalue weighted by atomic mass is 10.1. The molecule has 0 aromatic carbocycles. The molecule has 0 aliphatic carbocycles. The Morgan fingerprint density at radius 2 is 1.88 bits per heavy atom. The van der Waals surface area contributed by atoms with Crippen LogP contribution in [-0.2, 0) is 23.9 Å². The van der Waals surface area contributed by atoms with Gasteiger partial charge in [0.2, 0.25) is 0 Å². The zero-order valence-electron chi connectivity index (χ0n) is 9.56. The van der Waals surface area contributed by atoms with Gasteiger partial charge < -0.3 is 14.6 Å². The van der Waals surface area contributed by atoms with Crippen LogP contribution in [0.2, 0.25) is 0 Å². The lowest BCUT2D eigenvalue weighted by Gasteiger charge is -2.16. The number of carbonyl (C=O) groups excluding carboxylic acids is 2. The Morgan fingerprint density at radius 3 is 2.24 bits per heavy atom. The number of esters is 1. The van der Waals surface area contributed by atoms with Gasteiger partial charge in [0.15, 0.2) is 18.0 Å². The molecule has 17 heavy (non-hydrogen) atoms. The van der Waals surface area contributed by atoms with E-state index in [0.29, 0.717) is 0 Å². The normalized spacial score (nSPS) is 13.1. The summed E-state index contributed by atoms with van der Waals surface area (Å²) in [7, 11) is 1.34. The van der Waals surface area contributed by atoms with Gasteiger partial charge in [-0.3, -0.25) is 9.59 Å². The van der Waals surface area contributed by atoms with E-state index in [1.54, 1.807) is 0 Å². The first-order valence-electron chi connectivity index (χ1n) is 4.84. The van der Waals surface area contributed by atoms with Crippen molar-refractivity contribution in [2.24, 2.45) is 0 Å². The lowest BCUT2D eigenvalue weighted by molar-refractivity contribution is -0.164. The van der Waals surface area contributed by atoms with Gasteiger partial charge in [0.1, 0.15) is 0 Å². The number of ketones is 1. The maximum absolute atomic E-state index is 11.3. The standard InChI is InChI=1S/C10H16O6.CH4.H2/c1-6(11)8(4-5-9(12)13)16-10(14)7(2)15-3;;/h7-8H,4-5H2,1-3H3,(H,12,13);1H4;1H/i;;1+1. The van der Waals surface area contributed by atoms with Crippen LogP contribution in [0.4, 0.5) is 0 Å². The van der Waals surface area contributed by atoms with Crippen LogP contribution in [0.3, 0.4) is 0 Å². The van der Waals surface area contributed by atoms with Crippen molar-refractivity contribution in [1.82, 2.24) is 0 Å². The van der Waals surface area contributed by atoms with E-state index in [-0.39, 0.29) is 27.5 Å². The second-order valence-electron chi connectivity index (χ2n) is 3.35. The lowest BCUT2D eigenvalue weighted by Crippen LogP contribution is -2.31. The summed E-state index contributed by atoms with van der Waals surface area (Å²) in [4.78, 5) is 32.7. The SMILES string of the molecule is C.COC(C)C(=O)OC(CCC(=O)O)C(C)=O.[2HH]. The summed E-state index contributed by atoms with van der Waals surface area (Å²) in [5.41, 5.74) is 0. The van der Waals surface area contributed by atoms with E-state index in [0.717, 1.165) is 0 Å². The molecule has 102 valence electrons. The molecule has 2 atom stereocenters. The second kappa shape index (κ2) is 8.69. The van der Waals surface area contributed by atoms with Crippen molar-refractivity contribution in [1.29, 1.82) is 0 Å².